The van der Waals surface area contributed by atoms with Crippen LogP contribution >= 0.6 is 11.6 Å². The summed E-state index contributed by atoms with van der Waals surface area (Å²) >= 11 is 5.83. The third-order valence-corrected chi connectivity index (χ3v) is 3.64. The Balaban J connectivity index is 2.21. The number of hydrogen-bond donors (Lipinski definition) is 1. The lowest BCUT2D eigenvalue weighted by molar-refractivity contribution is 0.585. The highest BCUT2D eigenvalue weighted by atomic mass is 35.5. The number of nitrogens with zero attached hydrogens (tertiary/aromatic N) is 1. The Labute approximate surface area is 116 Å². The molecule has 0 aliphatic carbocycles. The fourth-order valence-corrected chi connectivity index (χ4v) is 2.27. The van der Waals surface area contributed by atoms with E-state index in [1.165, 1.54) is 0 Å². The summed E-state index contributed by atoms with van der Waals surface area (Å²) in [6.45, 7) is 4.43. The van der Waals surface area contributed by atoms with Crippen molar-refractivity contribution in [1.82, 2.24) is 4.57 Å². The summed E-state index contributed by atoms with van der Waals surface area (Å²) in [5, 5.41) is 2.96. The van der Waals surface area contributed by atoms with Crippen molar-refractivity contribution in [2.45, 2.75) is 20.4 Å². The van der Waals surface area contributed by atoms with Gasteiger partial charge in [0.25, 0.3) is 0 Å². The molecule has 1 N–H and O–H groups in total. The van der Waals surface area contributed by atoms with Crippen LogP contribution in [-0.2, 0) is 13.6 Å². The summed E-state index contributed by atoms with van der Waals surface area (Å²) < 4.78 is 28.6. The average Bonchev–Trinajstić information content (AvgIpc) is 2.55. The molecule has 1 aromatic carbocycles. The standard InChI is InChI=1S/C14H15ClF2N2/c1-8-4-10(9(2)19(8)3)7-18-14-12(15)5-11(16)6-13(14)17/h4-6,18H,7H2,1-3H3. The second-order valence-corrected chi connectivity index (χ2v) is 4.96. The molecule has 0 saturated carbocycles. The number of aryl methyl sites for hydroxylation is 1. The van der Waals surface area contributed by atoms with Gasteiger partial charge in [0.15, 0.2) is 5.82 Å². The zero-order chi connectivity index (χ0) is 14.2. The Hall–Kier alpha value is -1.55. The number of benzene rings is 1. The van der Waals surface area contributed by atoms with E-state index in [0.717, 1.165) is 29.1 Å². The van der Waals surface area contributed by atoms with E-state index >= 15 is 0 Å². The van der Waals surface area contributed by atoms with Crippen LogP contribution in [0.25, 0.3) is 0 Å². The van der Waals surface area contributed by atoms with Gasteiger partial charge < -0.3 is 9.88 Å². The monoisotopic (exact) mass is 284 g/mol. The van der Waals surface area contributed by atoms with Crippen LogP contribution in [0.2, 0.25) is 5.02 Å². The summed E-state index contributed by atoms with van der Waals surface area (Å²) in [6.07, 6.45) is 0. The molecule has 2 nitrogen and oxygen atoms in total. The molecule has 2 rings (SSSR count). The van der Waals surface area contributed by atoms with Gasteiger partial charge in [-0.25, -0.2) is 8.78 Å². The molecule has 19 heavy (non-hydrogen) atoms. The summed E-state index contributed by atoms with van der Waals surface area (Å²) in [7, 11) is 1.97. The number of hydrogen-bond acceptors (Lipinski definition) is 1. The van der Waals surface area contributed by atoms with Crippen molar-refractivity contribution in [3.05, 3.63) is 51.8 Å². The minimum atomic E-state index is -0.685. The molecule has 0 amide bonds. The molecule has 102 valence electrons. The first kappa shape index (κ1) is 13.9. The number of aromatic nitrogens is 1. The smallest absolute Gasteiger partial charge is 0.150 e. The second-order valence-electron chi connectivity index (χ2n) is 4.55. The predicted molar refractivity (Wildman–Crippen MR) is 73.6 cm³/mol. The molecule has 0 unspecified atom stereocenters. The zero-order valence-electron chi connectivity index (χ0n) is 11.0. The number of rotatable bonds is 3. The Morgan fingerprint density at radius 3 is 2.42 bits per heavy atom. The van der Waals surface area contributed by atoms with Crippen LogP contribution in [0, 0.1) is 25.5 Å². The van der Waals surface area contributed by atoms with Gasteiger partial charge in [0.2, 0.25) is 0 Å². The lowest BCUT2D eigenvalue weighted by Gasteiger charge is -2.10. The van der Waals surface area contributed by atoms with E-state index in [1.54, 1.807) is 0 Å². The molecule has 0 atom stereocenters. The number of anilines is 1. The van der Waals surface area contributed by atoms with Crippen molar-refractivity contribution in [3.8, 4) is 0 Å². The lowest BCUT2D eigenvalue weighted by Crippen LogP contribution is -2.04. The quantitative estimate of drug-likeness (QED) is 0.894. The lowest BCUT2D eigenvalue weighted by atomic mass is 10.2. The maximum absolute atomic E-state index is 13.6. The SMILES string of the molecule is Cc1cc(CNc2c(F)cc(F)cc2Cl)c(C)n1C. The maximum atomic E-state index is 13.6. The first-order valence-corrected chi connectivity index (χ1v) is 6.28. The molecular formula is C14H15ClF2N2. The zero-order valence-corrected chi connectivity index (χ0v) is 11.8. The van der Waals surface area contributed by atoms with Gasteiger partial charge in [0.1, 0.15) is 5.82 Å². The first-order valence-electron chi connectivity index (χ1n) is 5.90. The minimum Gasteiger partial charge on any atom is -0.377 e. The number of halogens is 3. The molecule has 0 spiro atoms. The molecule has 0 radical (unpaired) electrons. The van der Waals surface area contributed by atoms with Crippen LogP contribution in [0.15, 0.2) is 18.2 Å². The molecule has 0 aliphatic heterocycles. The highest BCUT2D eigenvalue weighted by Crippen LogP contribution is 2.27. The Bertz CT molecular complexity index is 597. The normalized spacial score (nSPS) is 10.8. The van der Waals surface area contributed by atoms with Crippen LogP contribution in [-0.4, -0.2) is 4.57 Å². The van der Waals surface area contributed by atoms with Crippen LogP contribution in [0.3, 0.4) is 0 Å². The Morgan fingerprint density at radius 2 is 1.89 bits per heavy atom. The van der Waals surface area contributed by atoms with Crippen molar-refractivity contribution >= 4 is 17.3 Å². The fourth-order valence-electron chi connectivity index (χ4n) is 2.01. The predicted octanol–water partition coefficient (Wildman–Crippen LogP) is 4.19. The van der Waals surface area contributed by atoms with E-state index in [-0.39, 0.29) is 10.7 Å². The summed E-state index contributed by atoms with van der Waals surface area (Å²) in [5.74, 6) is -1.37. The second kappa shape index (κ2) is 5.21. The summed E-state index contributed by atoms with van der Waals surface area (Å²) in [6, 6.07) is 3.94. The van der Waals surface area contributed by atoms with Crippen molar-refractivity contribution in [3.63, 3.8) is 0 Å². The average molecular weight is 285 g/mol. The summed E-state index contributed by atoms with van der Waals surface area (Å²) in [4.78, 5) is 0. The number of nitrogens with one attached hydrogen (secondary N) is 1. The fraction of sp³-hybridized carbons (Fsp3) is 0.286. The van der Waals surface area contributed by atoms with Crippen molar-refractivity contribution in [2.75, 3.05) is 5.32 Å². The first-order chi connectivity index (χ1) is 8.90. The highest BCUT2D eigenvalue weighted by molar-refractivity contribution is 6.33. The minimum absolute atomic E-state index is 0.0443. The van der Waals surface area contributed by atoms with E-state index in [0.29, 0.717) is 6.54 Å². The van der Waals surface area contributed by atoms with E-state index in [4.69, 9.17) is 11.6 Å². The molecule has 1 aromatic heterocycles. The van der Waals surface area contributed by atoms with Gasteiger partial charge in [-0.2, -0.15) is 0 Å². The van der Waals surface area contributed by atoms with Gasteiger partial charge >= 0.3 is 0 Å². The maximum Gasteiger partial charge on any atom is 0.150 e. The molecule has 0 fully saturated rings. The summed E-state index contributed by atoms with van der Waals surface area (Å²) in [5.41, 5.74) is 3.41. The van der Waals surface area contributed by atoms with E-state index in [1.807, 2.05) is 27.0 Å². The van der Waals surface area contributed by atoms with Crippen molar-refractivity contribution in [2.24, 2.45) is 7.05 Å². The van der Waals surface area contributed by atoms with Crippen LogP contribution in [0.5, 0.6) is 0 Å². The molecule has 2 aromatic rings. The molecule has 1 heterocycles. The van der Waals surface area contributed by atoms with Crippen molar-refractivity contribution in [1.29, 1.82) is 0 Å². The third-order valence-electron chi connectivity index (χ3n) is 3.34. The molecule has 0 saturated heterocycles. The molecular weight excluding hydrogens is 270 g/mol. The Kier molecular flexibility index (Phi) is 3.80. The molecule has 5 heteroatoms. The van der Waals surface area contributed by atoms with Crippen molar-refractivity contribution < 1.29 is 8.78 Å². The van der Waals surface area contributed by atoms with Gasteiger partial charge in [-0.1, -0.05) is 11.6 Å². The van der Waals surface area contributed by atoms with Crippen LogP contribution in [0.4, 0.5) is 14.5 Å². The van der Waals surface area contributed by atoms with Crippen LogP contribution < -0.4 is 5.32 Å². The van der Waals surface area contributed by atoms with Crippen LogP contribution in [0.1, 0.15) is 17.0 Å². The largest absolute Gasteiger partial charge is 0.377 e. The van der Waals surface area contributed by atoms with E-state index < -0.39 is 11.6 Å². The van der Waals surface area contributed by atoms with Gasteiger partial charge in [-0.3, -0.25) is 0 Å². The molecule has 0 bridgehead atoms. The Morgan fingerprint density at radius 1 is 1.21 bits per heavy atom. The van der Waals surface area contributed by atoms with Gasteiger partial charge in [-0.05, 0) is 31.5 Å². The van der Waals surface area contributed by atoms with Gasteiger partial charge in [0, 0.05) is 31.0 Å². The van der Waals surface area contributed by atoms with E-state index in [2.05, 4.69) is 9.88 Å². The highest BCUT2D eigenvalue weighted by Gasteiger charge is 2.11. The third kappa shape index (κ3) is 2.73. The van der Waals surface area contributed by atoms with Gasteiger partial charge in [-0.15, -0.1) is 0 Å². The van der Waals surface area contributed by atoms with Gasteiger partial charge in [0.05, 0.1) is 10.7 Å². The topological polar surface area (TPSA) is 17.0 Å². The van der Waals surface area contributed by atoms with E-state index in [9.17, 15) is 8.78 Å². The molecule has 0 aliphatic rings.